The summed E-state index contributed by atoms with van der Waals surface area (Å²) in [6, 6.07) is 16.6. The van der Waals surface area contributed by atoms with Crippen molar-refractivity contribution in [3.63, 3.8) is 0 Å². The molecular weight excluding hydrogens is 431 g/mol. The Morgan fingerprint density at radius 1 is 1.12 bits per heavy atom. The zero-order valence-corrected chi connectivity index (χ0v) is 18.5. The van der Waals surface area contributed by atoms with Gasteiger partial charge in [0.25, 0.3) is 15.9 Å². The number of carbonyl (C=O) groups is 1. The maximum Gasteiger partial charge on any atom is 0.264 e. The van der Waals surface area contributed by atoms with Crippen LogP contribution in [-0.2, 0) is 16.4 Å². The van der Waals surface area contributed by atoms with Crippen molar-refractivity contribution in [3.8, 4) is 5.75 Å². The molecule has 1 heterocycles. The number of sulfonamides is 1. The summed E-state index contributed by atoms with van der Waals surface area (Å²) < 4.78 is 46.5. The first kappa shape index (κ1) is 21.8. The number of rotatable bonds is 6. The van der Waals surface area contributed by atoms with E-state index in [2.05, 4.69) is 5.32 Å². The third kappa shape index (κ3) is 4.05. The number of nitrogens with one attached hydrogen (secondary N) is 1. The first-order valence-electron chi connectivity index (χ1n) is 10.3. The van der Waals surface area contributed by atoms with Crippen molar-refractivity contribution in [1.29, 1.82) is 0 Å². The Hall–Kier alpha value is -3.39. The zero-order chi connectivity index (χ0) is 22.9. The number of ether oxygens (including phenoxy) is 1. The number of anilines is 2. The lowest BCUT2D eigenvalue weighted by Gasteiger charge is -2.24. The topological polar surface area (TPSA) is 75.7 Å². The highest BCUT2D eigenvalue weighted by atomic mass is 32.2. The lowest BCUT2D eigenvalue weighted by molar-refractivity contribution is 0.102. The van der Waals surface area contributed by atoms with Crippen molar-refractivity contribution >= 4 is 27.3 Å². The molecule has 0 radical (unpaired) electrons. The molecule has 0 fully saturated rings. The number of amides is 1. The van der Waals surface area contributed by atoms with Crippen LogP contribution in [-0.4, -0.2) is 27.0 Å². The van der Waals surface area contributed by atoms with E-state index in [1.54, 1.807) is 43.3 Å². The third-order valence-electron chi connectivity index (χ3n) is 5.30. The Balaban J connectivity index is 1.62. The summed E-state index contributed by atoms with van der Waals surface area (Å²) in [5.74, 6) is -0.234. The number of nitrogens with zero attached hydrogens (tertiary/aromatic N) is 1. The van der Waals surface area contributed by atoms with E-state index in [9.17, 15) is 17.6 Å². The van der Waals surface area contributed by atoms with Gasteiger partial charge in [0.1, 0.15) is 11.6 Å². The molecule has 1 aliphatic rings. The van der Waals surface area contributed by atoms with Gasteiger partial charge in [-0.25, -0.2) is 12.8 Å². The minimum atomic E-state index is -3.86. The van der Waals surface area contributed by atoms with Crippen molar-refractivity contribution in [2.75, 3.05) is 16.2 Å². The molecule has 1 atom stereocenters. The summed E-state index contributed by atoms with van der Waals surface area (Å²) in [6.45, 7) is 4.15. The molecular formula is C24H23FN2O4S. The van der Waals surface area contributed by atoms with Gasteiger partial charge < -0.3 is 10.1 Å². The van der Waals surface area contributed by atoms with Crippen LogP contribution in [0.4, 0.5) is 15.8 Å². The van der Waals surface area contributed by atoms with Crippen LogP contribution >= 0.6 is 0 Å². The van der Waals surface area contributed by atoms with Crippen LogP contribution in [0.25, 0.3) is 0 Å². The van der Waals surface area contributed by atoms with E-state index in [1.807, 2.05) is 13.0 Å². The van der Waals surface area contributed by atoms with Gasteiger partial charge in [-0.05, 0) is 80.4 Å². The molecule has 1 N–H and O–H groups in total. The highest BCUT2D eigenvalue weighted by molar-refractivity contribution is 7.92. The second kappa shape index (κ2) is 8.63. The fourth-order valence-electron chi connectivity index (χ4n) is 3.88. The van der Waals surface area contributed by atoms with Gasteiger partial charge >= 0.3 is 0 Å². The molecule has 0 saturated heterocycles. The highest BCUT2D eigenvalue weighted by Crippen LogP contribution is 2.37. The van der Waals surface area contributed by atoms with Crippen LogP contribution in [0.15, 0.2) is 71.6 Å². The molecule has 0 bridgehead atoms. The van der Waals surface area contributed by atoms with Crippen molar-refractivity contribution in [3.05, 3.63) is 83.7 Å². The fourth-order valence-corrected chi connectivity index (χ4v) is 5.57. The second-order valence-electron chi connectivity index (χ2n) is 7.53. The normalized spacial score (nSPS) is 15.3. The maximum atomic E-state index is 13.3. The smallest absolute Gasteiger partial charge is 0.264 e. The van der Waals surface area contributed by atoms with Gasteiger partial charge in [-0.15, -0.1) is 0 Å². The number of fused-ring (bicyclic) bond motifs is 1. The van der Waals surface area contributed by atoms with Crippen molar-refractivity contribution < 1.29 is 22.3 Å². The predicted octanol–water partition coefficient (Wildman–Crippen LogP) is 4.62. The van der Waals surface area contributed by atoms with Gasteiger partial charge in [-0.2, -0.15) is 0 Å². The van der Waals surface area contributed by atoms with Gasteiger partial charge in [-0.1, -0.05) is 12.1 Å². The highest BCUT2D eigenvalue weighted by Gasteiger charge is 2.36. The Morgan fingerprint density at radius 2 is 1.84 bits per heavy atom. The SMILES string of the molecule is CCOc1ccccc1NC(=O)c1ccc2c(c1)C[C@@H](C)N2S(=O)(=O)c1ccc(F)cc1. The average Bonchev–Trinajstić information content (AvgIpc) is 3.11. The molecule has 3 aromatic rings. The molecule has 1 amide bonds. The first-order chi connectivity index (χ1) is 15.3. The van der Waals surface area contributed by atoms with E-state index in [-0.39, 0.29) is 16.8 Å². The predicted molar refractivity (Wildman–Crippen MR) is 121 cm³/mol. The molecule has 0 saturated carbocycles. The number of para-hydroxylation sites is 2. The average molecular weight is 455 g/mol. The number of hydrogen-bond donors (Lipinski definition) is 1. The minimum absolute atomic E-state index is 0.0213. The number of hydrogen-bond acceptors (Lipinski definition) is 4. The lowest BCUT2D eigenvalue weighted by Crippen LogP contribution is -2.35. The molecule has 6 nitrogen and oxygen atoms in total. The number of carbonyl (C=O) groups excluding carboxylic acids is 1. The third-order valence-corrected chi connectivity index (χ3v) is 7.24. The Bertz CT molecular complexity index is 1260. The van der Waals surface area contributed by atoms with Crippen LogP contribution < -0.4 is 14.4 Å². The molecule has 3 aromatic carbocycles. The van der Waals surface area contributed by atoms with Gasteiger partial charge in [0.05, 0.1) is 22.9 Å². The maximum absolute atomic E-state index is 13.3. The van der Waals surface area contributed by atoms with Gasteiger partial charge in [0.15, 0.2) is 0 Å². The lowest BCUT2D eigenvalue weighted by atomic mass is 10.1. The van der Waals surface area contributed by atoms with E-state index in [4.69, 9.17) is 4.74 Å². The summed E-state index contributed by atoms with van der Waals surface area (Å²) >= 11 is 0. The van der Waals surface area contributed by atoms with Crippen LogP contribution in [0.2, 0.25) is 0 Å². The molecule has 32 heavy (non-hydrogen) atoms. The number of halogens is 1. The molecule has 0 aliphatic carbocycles. The summed E-state index contributed by atoms with van der Waals surface area (Å²) in [5.41, 5.74) is 2.26. The van der Waals surface area contributed by atoms with E-state index >= 15 is 0 Å². The standard InChI is InChI=1S/C24H23FN2O4S/c1-3-31-23-7-5-4-6-21(23)26-24(28)17-8-13-22-18(15-17)14-16(2)27(22)32(29,30)20-11-9-19(25)10-12-20/h4-13,15-16H,3,14H2,1-2H3,(H,26,28)/t16-/m1/s1. The monoisotopic (exact) mass is 454 g/mol. The van der Waals surface area contributed by atoms with E-state index in [0.717, 1.165) is 17.7 Å². The van der Waals surface area contributed by atoms with Crippen molar-refractivity contribution in [2.24, 2.45) is 0 Å². The van der Waals surface area contributed by atoms with E-state index < -0.39 is 15.8 Å². The van der Waals surface area contributed by atoms with Crippen LogP contribution in [0.3, 0.4) is 0 Å². The molecule has 1 aliphatic heterocycles. The molecule has 0 spiro atoms. The second-order valence-corrected chi connectivity index (χ2v) is 9.35. The number of benzene rings is 3. The summed E-state index contributed by atoms with van der Waals surface area (Å²) in [6.07, 6.45) is 0.465. The molecule has 8 heteroatoms. The molecule has 0 unspecified atom stereocenters. The van der Waals surface area contributed by atoms with E-state index in [1.165, 1.54) is 16.4 Å². The molecule has 0 aromatic heterocycles. The Morgan fingerprint density at radius 3 is 2.56 bits per heavy atom. The zero-order valence-electron chi connectivity index (χ0n) is 17.7. The van der Waals surface area contributed by atoms with Gasteiger partial charge in [0.2, 0.25) is 0 Å². The molecule has 4 rings (SSSR count). The first-order valence-corrected chi connectivity index (χ1v) is 11.7. The van der Waals surface area contributed by atoms with Crippen LogP contribution in [0.5, 0.6) is 5.75 Å². The minimum Gasteiger partial charge on any atom is -0.492 e. The van der Waals surface area contributed by atoms with Crippen molar-refractivity contribution in [2.45, 2.75) is 31.2 Å². The van der Waals surface area contributed by atoms with Crippen molar-refractivity contribution in [1.82, 2.24) is 0 Å². The summed E-state index contributed by atoms with van der Waals surface area (Å²) in [4.78, 5) is 12.9. The van der Waals surface area contributed by atoms with E-state index in [0.29, 0.717) is 35.7 Å². The van der Waals surface area contributed by atoms with Crippen LogP contribution in [0, 0.1) is 5.82 Å². The Labute approximate surface area is 186 Å². The van der Waals surface area contributed by atoms with Crippen LogP contribution in [0.1, 0.15) is 29.8 Å². The molecule has 166 valence electrons. The quantitative estimate of drug-likeness (QED) is 0.590. The largest absolute Gasteiger partial charge is 0.492 e. The van der Waals surface area contributed by atoms with Gasteiger partial charge in [-0.3, -0.25) is 9.10 Å². The summed E-state index contributed by atoms with van der Waals surface area (Å²) in [7, 11) is -3.86. The van der Waals surface area contributed by atoms with Gasteiger partial charge in [0, 0.05) is 11.6 Å². The fraction of sp³-hybridized carbons (Fsp3) is 0.208. The summed E-state index contributed by atoms with van der Waals surface area (Å²) in [5, 5.41) is 2.86. The Kier molecular flexibility index (Phi) is 5.88.